The van der Waals surface area contributed by atoms with Gasteiger partial charge in [-0.2, -0.15) is 0 Å². The number of fused-ring (bicyclic) bond motifs is 1. The summed E-state index contributed by atoms with van der Waals surface area (Å²) < 4.78 is 27.9. The molecule has 0 spiro atoms. The van der Waals surface area contributed by atoms with E-state index < -0.39 is 10.0 Å². The third-order valence-electron chi connectivity index (χ3n) is 4.80. The molecule has 0 fully saturated rings. The number of anilines is 3. The third-order valence-corrected chi connectivity index (χ3v) is 6.83. The first-order valence-electron chi connectivity index (χ1n) is 9.38. The zero-order chi connectivity index (χ0) is 20.3. The molecule has 0 atom stereocenters. The number of aryl methyl sites for hydroxylation is 1. The highest BCUT2D eigenvalue weighted by Gasteiger charge is 2.28. The summed E-state index contributed by atoms with van der Waals surface area (Å²) in [5.74, 6) is 0. The van der Waals surface area contributed by atoms with Crippen molar-refractivity contribution in [2.45, 2.75) is 17.7 Å². The maximum atomic E-state index is 13.2. The molecule has 7 heteroatoms. The van der Waals surface area contributed by atoms with Gasteiger partial charge in [-0.3, -0.25) is 4.31 Å². The summed E-state index contributed by atoms with van der Waals surface area (Å²) in [4.78, 5) is 0.265. The van der Waals surface area contributed by atoms with Crippen molar-refractivity contribution < 1.29 is 8.42 Å². The second-order valence-electron chi connectivity index (χ2n) is 6.78. The molecule has 0 unspecified atom stereocenters. The van der Waals surface area contributed by atoms with Crippen LogP contribution in [0.5, 0.6) is 0 Å². The lowest BCUT2D eigenvalue weighted by atomic mass is 10.0. The maximum Gasteiger partial charge on any atom is 0.264 e. The molecule has 0 bridgehead atoms. The number of para-hydroxylation sites is 2. The lowest BCUT2D eigenvalue weighted by Gasteiger charge is -2.30. The minimum Gasteiger partial charge on any atom is -0.332 e. The molecule has 0 radical (unpaired) electrons. The molecule has 3 aromatic rings. The first-order valence-corrected chi connectivity index (χ1v) is 11.2. The van der Waals surface area contributed by atoms with Crippen LogP contribution in [-0.2, 0) is 16.4 Å². The molecule has 0 amide bonds. The lowest BCUT2D eigenvalue weighted by molar-refractivity contribution is 0.586. The molecule has 29 heavy (non-hydrogen) atoms. The van der Waals surface area contributed by atoms with Gasteiger partial charge in [0.1, 0.15) is 0 Å². The van der Waals surface area contributed by atoms with Crippen LogP contribution < -0.4 is 14.9 Å². The maximum absolute atomic E-state index is 13.2. The van der Waals surface area contributed by atoms with Crippen molar-refractivity contribution in [1.29, 1.82) is 0 Å². The highest BCUT2D eigenvalue weighted by molar-refractivity contribution is 7.92. The smallest absolute Gasteiger partial charge is 0.264 e. The minimum absolute atomic E-state index is 0.265. The van der Waals surface area contributed by atoms with Crippen LogP contribution in [-0.4, -0.2) is 20.1 Å². The Balaban J connectivity index is 1.50. The Bertz CT molecular complexity index is 1110. The van der Waals surface area contributed by atoms with Crippen LogP contribution in [0.25, 0.3) is 0 Å². The van der Waals surface area contributed by atoms with Crippen LogP contribution in [0.15, 0.2) is 83.8 Å². The minimum atomic E-state index is -3.61. The first kappa shape index (κ1) is 19.4. The fraction of sp³-hybridized carbons (Fsp3) is 0.136. The molecule has 0 aliphatic carbocycles. The van der Waals surface area contributed by atoms with E-state index in [9.17, 15) is 8.42 Å². The molecule has 1 aliphatic rings. The van der Waals surface area contributed by atoms with Crippen LogP contribution in [0.1, 0.15) is 12.0 Å². The number of sulfonamides is 1. The molecular weight excluding hydrogens is 402 g/mol. The van der Waals surface area contributed by atoms with E-state index in [1.165, 1.54) is 4.31 Å². The van der Waals surface area contributed by atoms with Crippen LogP contribution >= 0.6 is 12.2 Å². The number of nitrogens with one attached hydrogen (secondary N) is 2. The predicted molar refractivity (Wildman–Crippen MR) is 122 cm³/mol. The fourth-order valence-corrected chi connectivity index (χ4v) is 5.18. The van der Waals surface area contributed by atoms with Gasteiger partial charge in [-0.1, -0.05) is 36.4 Å². The molecule has 148 valence electrons. The summed E-state index contributed by atoms with van der Waals surface area (Å²) in [5.41, 5.74) is 3.44. The Kier molecular flexibility index (Phi) is 5.51. The van der Waals surface area contributed by atoms with Crippen molar-refractivity contribution in [1.82, 2.24) is 0 Å². The van der Waals surface area contributed by atoms with Gasteiger partial charge in [0.05, 0.1) is 10.6 Å². The zero-order valence-electron chi connectivity index (χ0n) is 15.7. The molecule has 5 nitrogen and oxygen atoms in total. The number of benzene rings is 3. The standard InChI is InChI=1S/C22H21N3O2S2/c26-29(27,25-16-6-8-17-7-4-5-11-21(17)25)20-14-12-19(13-15-20)24-22(28)23-18-9-2-1-3-10-18/h1-5,7,9-15H,6,8,16H2,(H2,23,24,28). The average Bonchev–Trinajstić information content (AvgIpc) is 2.74. The topological polar surface area (TPSA) is 61.4 Å². The summed E-state index contributed by atoms with van der Waals surface area (Å²) in [6.07, 6.45) is 1.71. The molecule has 1 aliphatic heterocycles. The summed E-state index contributed by atoms with van der Waals surface area (Å²) in [7, 11) is -3.61. The number of hydrogen-bond donors (Lipinski definition) is 2. The van der Waals surface area contributed by atoms with Crippen molar-refractivity contribution in [3.63, 3.8) is 0 Å². The second kappa shape index (κ2) is 8.23. The van der Waals surface area contributed by atoms with Gasteiger partial charge in [0, 0.05) is 17.9 Å². The van der Waals surface area contributed by atoms with Crippen molar-refractivity contribution >= 4 is 44.4 Å². The summed E-state index contributed by atoms with van der Waals surface area (Å²) in [5, 5.41) is 6.61. The molecule has 4 rings (SSSR count). The zero-order valence-corrected chi connectivity index (χ0v) is 17.3. The summed E-state index contributed by atoms with van der Waals surface area (Å²) in [6.45, 7) is 0.491. The monoisotopic (exact) mass is 423 g/mol. The average molecular weight is 424 g/mol. The molecule has 1 heterocycles. The van der Waals surface area contributed by atoms with Gasteiger partial charge in [0.15, 0.2) is 5.11 Å². The van der Waals surface area contributed by atoms with Crippen molar-refractivity contribution in [3.8, 4) is 0 Å². The second-order valence-corrected chi connectivity index (χ2v) is 9.05. The largest absolute Gasteiger partial charge is 0.332 e. The van der Waals surface area contributed by atoms with Crippen molar-refractivity contribution in [2.75, 3.05) is 21.5 Å². The van der Waals surface area contributed by atoms with Gasteiger partial charge in [-0.15, -0.1) is 0 Å². The van der Waals surface area contributed by atoms with Crippen LogP contribution in [0.4, 0.5) is 17.1 Å². The van der Waals surface area contributed by atoms with Gasteiger partial charge >= 0.3 is 0 Å². The Morgan fingerprint density at radius 3 is 2.17 bits per heavy atom. The van der Waals surface area contributed by atoms with E-state index in [4.69, 9.17) is 12.2 Å². The van der Waals surface area contributed by atoms with Gasteiger partial charge in [-0.25, -0.2) is 8.42 Å². The van der Waals surface area contributed by atoms with E-state index in [-0.39, 0.29) is 4.90 Å². The number of nitrogens with zero attached hydrogens (tertiary/aromatic N) is 1. The van der Waals surface area contributed by atoms with Crippen molar-refractivity contribution in [3.05, 3.63) is 84.4 Å². The third kappa shape index (κ3) is 4.26. The molecule has 0 aromatic heterocycles. The molecule has 0 saturated heterocycles. The Labute approximate surface area is 176 Å². The van der Waals surface area contributed by atoms with Gasteiger partial charge in [-0.05, 0) is 73.1 Å². The van der Waals surface area contributed by atoms with E-state index in [1.807, 2.05) is 54.6 Å². The van der Waals surface area contributed by atoms with Crippen LogP contribution in [0.3, 0.4) is 0 Å². The fourth-order valence-electron chi connectivity index (χ4n) is 3.40. The lowest BCUT2D eigenvalue weighted by Crippen LogP contribution is -2.35. The van der Waals surface area contributed by atoms with E-state index in [0.717, 1.165) is 35.5 Å². The number of hydrogen-bond acceptors (Lipinski definition) is 3. The summed E-state index contributed by atoms with van der Waals surface area (Å²) in [6, 6.07) is 24.0. The SMILES string of the molecule is O=S(=O)(c1ccc(NC(=S)Nc2ccccc2)cc1)N1CCCc2ccccc21. The quantitative estimate of drug-likeness (QED) is 0.599. The highest BCUT2D eigenvalue weighted by Crippen LogP contribution is 2.32. The van der Waals surface area contributed by atoms with E-state index >= 15 is 0 Å². The van der Waals surface area contributed by atoms with E-state index in [1.54, 1.807) is 24.3 Å². The normalized spacial score (nSPS) is 13.4. The molecule has 2 N–H and O–H groups in total. The Morgan fingerprint density at radius 2 is 1.45 bits per heavy atom. The number of thiocarbonyl (C=S) groups is 1. The molecular formula is C22H21N3O2S2. The number of rotatable bonds is 4. The van der Waals surface area contributed by atoms with E-state index in [0.29, 0.717) is 11.7 Å². The molecule has 3 aromatic carbocycles. The predicted octanol–water partition coefficient (Wildman–Crippen LogP) is 4.64. The van der Waals surface area contributed by atoms with E-state index in [2.05, 4.69) is 10.6 Å². The summed E-state index contributed by atoms with van der Waals surface area (Å²) >= 11 is 5.32. The van der Waals surface area contributed by atoms with Crippen molar-refractivity contribution in [2.24, 2.45) is 0 Å². The Hall–Kier alpha value is -2.90. The molecule has 0 saturated carbocycles. The van der Waals surface area contributed by atoms with Gasteiger partial charge in [0.25, 0.3) is 10.0 Å². The first-order chi connectivity index (χ1) is 14.0. The van der Waals surface area contributed by atoms with Gasteiger partial charge < -0.3 is 10.6 Å². The Morgan fingerprint density at radius 1 is 0.828 bits per heavy atom. The van der Waals surface area contributed by atoms with Crippen LogP contribution in [0, 0.1) is 0 Å². The van der Waals surface area contributed by atoms with Gasteiger partial charge in [0.2, 0.25) is 0 Å². The highest BCUT2D eigenvalue weighted by atomic mass is 32.2. The van der Waals surface area contributed by atoms with Crippen LogP contribution in [0.2, 0.25) is 0 Å².